The number of nitro benzene ring substituents is 1. The summed E-state index contributed by atoms with van der Waals surface area (Å²) in [6.45, 7) is -3.94. The average molecular weight is 270 g/mol. The molecule has 0 radical (unpaired) electrons. The Morgan fingerprint density at radius 3 is 2.60 bits per heavy atom. The summed E-state index contributed by atoms with van der Waals surface area (Å²) in [5.41, 5.74) is -0.391. The number of nitrogens with zero attached hydrogens (tertiary/aromatic N) is 1. The van der Waals surface area contributed by atoms with Crippen LogP contribution in [0.25, 0.3) is 0 Å². The van der Waals surface area contributed by atoms with Crippen molar-refractivity contribution in [1.29, 1.82) is 0 Å². The van der Waals surface area contributed by atoms with Crippen molar-refractivity contribution in [2.45, 2.75) is 0 Å². The number of hydrogen-bond acceptors (Lipinski definition) is 4. The number of hydrogen-bond donors (Lipinski definition) is 2. The summed E-state index contributed by atoms with van der Waals surface area (Å²) >= 11 is 9.80. The van der Waals surface area contributed by atoms with Crippen LogP contribution in [0.4, 0.5) is 5.69 Å². The highest BCUT2D eigenvalue weighted by Gasteiger charge is 2.20. The van der Waals surface area contributed by atoms with Crippen molar-refractivity contribution in [2.24, 2.45) is 0 Å². The molecule has 0 heterocycles. The van der Waals surface area contributed by atoms with Crippen LogP contribution in [-0.4, -0.2) is 14.7 Å². The van der Waals surface area contributed by atoms with E-state index < -0.39 is 17.3 Å². The standard InChI is InChI=1S/C6H5ClNO5PS/c7-6-4(8(9)10)2-1-3-5(6)13-14(11,12)15/h1-3H,(H2,11,12,15). The zero-order valence-corrected chi connectivity index (χ0v) is 9.50. The average Bonchev–Trinajstić information content (AvgIpc) is 2.05. The highest BCUT2D eigenvalue weighted by Crippen LogP contribution is 2.43. The van der Waals surface area contributed by atoms with Crippen molar-refractivity contribution in [3.8, 4) is 5.75 Å². The van der Waals surface area contributed by atoms with Gasteiger partial charge >= 0.3 is 6.72 Å². The highest BCUT2D eigenvalue weighted by molar-refractivity contribution is 8.06. The van der Waals surface area contributed by atoms with Crippen LogP contribution >= 0.6 is 18.3 Å². The lowest BCUT2D eigenvalue weighted by atomic mass is 10.3. The molecule has 1 rings (SSSR count). The third-order valence-electron chi connectivity index (χ3n) is 1.36. The third-order valence-corrected chi connectivity index (χ3v) is 2.39. The molecule has 0 bridgehead atoms. The molecule has 0 amide bonds. The van der Waals surface area contributed by atoms with Crippen LogP contribution in [-0.2, 0) is 11.8 Å². The minimum atomic E-state index is -3.94. The van der Waals surface area contributed by atoms with E-state index in [1.807, 2.05) is 0 Å². The molecule has 0 unspecified atom stereocenters. The normalized spacial score (nSPS) is 11.1. The van der Waals surface area contributed by atoms with Gasteiger partial charge in [0.2, 0.25) is 0 Å². The fourth-order valence-electron chi connectivity index (χ4n) is 0.839. The first-order valence-electron chi connectivity index (χ1n) is 3.49. The predicted molar refractivity (Wildman–Crippen MR) is 57.5 cm³/mol. The van der Waals surface area contributed by atoms with E-state index >= 15 is 0 Å². The first-order valence-corrected chi connectivity index (χ1v) is 6.49. The van der Waals surface area contributed by atoms with Crippen LogP contribution in [0, 0.1) is 10.1 Å². The van der Waals surface area contributed by atoms with Crippen LogP contribution in [0.15, 0.2) is 18.2 Å². The van der Waals surface area contributed by atoms with E-state index in [1.165, 1.54) is 12.1 Å². The van der Waals surface area contributed by atoms with Crippen molar-refractivity contribution in [3.05, 3.63) is 33.3 Å². The second-order valence-electron chi connectivity index (χ2n) is 2.43. The minimum Gasteiger partial charge on any atom is -0.422 e. The molecule has 0 atom stereocenters. The van der Waals surface area contributed by atoms with Crippen molar-refractivity contribution in [1.82, 2.24) is 0 Å². The lowest BCUT2D eigenvalue weighted by Gasteiger charge is -2.10. The van der Waals surface area contributed by atoms with E-state index in [9.17, 15) is 10.1 Å². The summed E-state index contributed by atoms with van der Waals surface area (Å²) in [7, 11) is 0. The fraction of sp³-hybridized carbons (Fsp3) is 0. The number of nitro groups is 1. The molecule has 0 saturated carbocycles. The molecule has 0 saturated heterocycles. The van der Waals surface area contributed by atoms with Gasteiger partial charge in [-0.1, -0.05) is 17.7 Å². The van der Waals surface area contributed by atoms with Gasteiger partial charge in [0.05, 0.1) is 4.92 Å². The molecule has 2 N–H and O–H groups in total. The lowest BCUT2D eigenvalue weighted by molar-refractivity contribution is -0.384. The molecule has 6 nitrogen and oxygen atoms in total. The summed E-state index contributed by atoms with van der Waals surface area (Å²) in [6.07, 6.45) is 0. The zero-order valence-electron chi connectivity index (χ0n) is 7.03. The molecule has 1 aromatic carbocycles. The maximum Gasteiger partial charge on any atom is 0.375 e. The second-order valence-corrected chi connectivity index (χ2v) is 5.40. The Kier molecular flexibility index (Phi) is 3.64. The van der Waals surface area contributed by atoms with E-state index in [4.69, 9.17) is 21.4 Å². The van der Waals surface area contributed by atoms with Gasteiger partial charge in [0.15, 0.2) is 10.8 Å². The van der Waals surface area contributed by atoms with Crippen molar-refractivity contribution < 1.29 is 19.2 Å². The van der Waals surface area contributed by atoms with Crippen molar-refractivity contribution >= 4 is 35.8 Å². The predicted octanol–water partition coefficient (Wildman–Crippen LogP) is 1.84. The number of halogens is 1. The van der Waals surface area contributed by atoms with E-state index in [2.05, 4.69) is 16.3 Å². The summed E-state index contributed by atoms with van der Waals surface area (Å²) < 4.78 is 4.52. The van der Waals surface area contributed by atoms with Gasteiger partial charge < -0.3 is 14.3 Å². The monoisotopic (exact) mass is 269 g/mol. The fourth-order valence-corrected chi connectivity index (χ4v) is 1.78. The first kappa shape index (κ1) is 12.4. The van der Waals surface area contributed by atoms with Gasteiger partial charge in [-0.05, 0) is 6.07 Å². The van der Waals surface area contributed by atoms with Crippen LogP contribution in [0.1, 0.15) is 0 Å². The van der Waals surface area contributed by atoms with Gasteiger partial charge in [-0.25, -0.2) is 0 Å². The largest absolute Gasteiger partial charge is 0.422 e. The zero-order chi connectivity index (χ0) is 11.6. The Morgan fingerprint density at radius 1 is 1.53 bits per heavy atom. The van der Waals surface area contributed by atoms with Gasteiger partial charge in [0.1, 0.15) is 0 Å². The maximum absolute atomic E-state index is 10.5. The van der Waals surface area contributed by atoms with Gasteiger partial charge in [-0.3, -0.25) is 10.1 Å². The first-order chi connectivity index (χ1) is 6.81. The van der Waals surface area contributed by atoms with Crippen molar-refractivity contribution in [3.63, 3.8) is 0 Å². The smallest absolute Gasteiger partial charge is 0.375 e. The number of benzene rings is 1. The SMILES string of the molecule is O=[N+]([O-])c1cccc(OP(O)(O)=S)c1Cl. The quantitative estimate of drug-likeness (QED) is 0.494. The molecule has 0 spiro atoms. The number of rotatable bonds is 3. The Labute approximate surface area is 94.5 Å². The molecule has 0 aliphatic rings. The topological polar surface area (TPSA) is 92.8 Å². The van der Waals surface area contributed by atoms with E-state index in [0.717, 1.165) is 6.07 Å². The van der Waals surface area contributed by atoms with E-state index in [-0.39, 0.29) is 10.8 Å². The van der Waals surface area contributed by atoms with E-state index in [1.54, 1.807) is 0 Å². The van der Waals surface area contributed by atoms with E-state index in [0.29, 0.717) is 0 Å². The van der Waals surface area contributed by atoms with Crippen LogP contribution in [0.2, 0.25) is 5.02 Å². The third kappa shape index (κ3) is 3.40. The molecular weight excluding hydrogens is 265 g/mol. The second kappa shape index (κ2) is 4.42. The Morgan fingerprint density at radius 2 is 2.13 bits per heavy atom. The summed E-state index contributed by atoms with van der Waals surface area (Å²) in [4.78, 5) is 27.5. The summed E-state index contributed by atoms with van der Waals surface area (Å²) in [6, 6.07) is 3.71. The van der Waals surface area contributed by atoms with Crippen molar-refractivity contribution in [2.75, 3.05) is 0 Å². The van der Waals surface area contributed by atoms with Gasteiger partial charge in [-0.15, -0.1) is 0 Å². The Balaban J connectivity index is 3.16. The van der Waals surface area contributed by atoms with Crippen LogP contribution in [0.5, 0.6) is 5.75 Å². The Hall–Kier alpha value is -0.720. The molecular formula is C6H5ClNO5PS. The Bertz CT molecular complexity index is 447. The molecule has 82 valence electrons. The van der Waals surface area contributed by atoms with Crippen LogP contribution in [0.3, 0.4) is 0 Å². The van der Waals surface area contributed by atoms with Gasteiger partial charge in [-0.2, -0.15) is 0 Å². The molecule has 15 heavy (non-hydrogen) atoms. The summed E-state index contributed by atoms with van der Waals surface area (Å²) in [5, 5.41) is 10.1. The lowest BCUT2D eigenvalue weighted by Crippen LogP contribution is -1.94. The van der Waals surface area contributed by atoms with Gasteiger partial charge in [0, 0.05) is 17.9 Å². The minimum absolute atomic E-state index is 0.223. The van der Waals surface area contributed by atoms with Crippen LogP contribution < -0.4 is 4.52 Å². The molecule has 0 aromatic heterocycles. The molecule has 1 aromatic rings. The molecule has 0 aliphatic carbocycles. The summed E-state index contributed by atoms with van der Waals surface area (Å²) in [5.74, 6) is -0.223. The molecule has 0 aliphatic heterocycles. The van der Waals surface area contributed by atoms with Gasteiger partial charge in [0.25, 0.3) is 5.69 Å². The maximum atomic E-state index is 10.5. The highest BCUT2D eigenvalue weighted by atomic mass is 35.5. The molecule has 9 heteroatoms. The molecule has 0 fully saturated rings.